The van der Waals surface area contributed by atoms with Crippen molar-refractivity contribution in [3.05, 3.63) is 59.9 Å². The zero-order valence-corrected chi connectivity index (χ0v) is 15.0. The van der Waals surface area contributed by atoms with Gasteiger partial charge < -0.3 is 15.1 Å². The molecule has 1 aliphatic rings. The van der Waals surface area contributed by atoms with Crippen LogP contribution in [0.2, 0.25) is 0 Å². The van der Waals surface area contributed by atoms with Crippen LogP contribution in [0.4, 0.5) is 5.69 Å². The van der Waals surface area contributed by atoms with Crippen molar-refractivity contribution in [2.45, 2.75) is 19.9 Å². The number of likely N-dealkylation sites (N-methyl/N-ethyl adjacent to an activating group) is 1. The third-order valence-electron chi connectivity index (χ3n) is 4.77. The Bertz CT molecular complexity index is 679. The van der Waals surface area contributed by atoms with E-state index in [-0.39, 0.29) is 11.9 Å². The molecule has 0 bridgehead atoms. The van der Waals surface area contributed by atoms with E-state index in [1.54, 1.807) is 6.20 Å². The van der Waals surface area contributed by atoms with Crippen LogP contribution in [0.5, 0.6) is 0 Å². The summed E-state index contributed by atoms with van der Waals surface area (Å²) in [6.45, 7) is 8.74. The molecule has 132 valence electrons. The van der Waals surface area contributed by atoms with Gasteiger partial charge in [-0.15, -0.1) is 0 Å². The van der Waals surface area contributed by atoms with Crippen LogP contribution in [0.25, 0.3) is 0 Å². The highest BCUT2D eigenvalue weighted by molar-refractivity contribution is 5.92. The lowest BCUT2D eigenvalue weighted by molar-refractivity contribution is 0.0637. The quantitative estimate of drug-likeness (QED) is 0.910. The first-order chi connectivity index (χ1) is 12.2. The second-order valence-corrected chi connectivity index (χ2v) is 6.44. The number of benzene rings is 1. The van der Waals surface area contributed by atoms with Crippen LogP contribution in [0, 0.1) is 0 Å². The maximum atomic E-state index is 12.6. The van der Waals surface area contributed by atoms with Gasteiger partial charge in [0.25, 0.3) is 5.91 Å². The van der Waals surface area contributed by atoms with Crippen LogP contribution in [0.15, 0.2) is 48.7 Å². The standard InChI is InChI=1S/C20H26N4O/c1-3-23-11-13-24(14-12-23)20(25)19-10-9-18(15-21-19)22-16(2)17-7-5-4-6-8-17/h4-10,15-16,22H,3,11-14H2,1-2H3. The predicted octanol–water partition coefficient (Wildman–Crippen LogP) is 3.03. The number of pyridine rings is 1. The topological polar surface area (TPSA) is 48.5 Å². The maximum absolute atomic E-state index is 12.6. The van der Waals surface area contributed by atoms with E-state index < -0.39 is 0 Å². The van der Waals surface area contributed by atoms with Gasteiger partial charge >= 0.3 is 0 Å². The number of aromatic nitrogens is 1. The van der Waals surface area contributed by atoms with Gasteiger partial charge in [0.05, 0.1) is 11.9 Å². The Morgan fingerprint density at radius 2 is 1.84 bits per heavy atom. The van der Waals surface area contributed by atoms with Gasteiger partial charge in [0, 0.05) is 32.2 Å². The smallest absolute Gasteiger partial charge is 0.272 e. The molecule has 25 heavy (non-hydrogen) atoms. The molecule has 5 heteroatoms. The summed E-state index contributed by atoms with van der Waals surface area (Å²) in [7, 11) is 0. The highest BCUT2D eigenvalue weighted by Crippen LogP contribution is 2.18. The highest BCUT2D eigenvalue weighted by atomic mass is 16.2. The summed E-state index contributed by atoms with van der Waals surface area (Å²) in [5.41, 5.74) is 2.66. The van der Waals surface area contributed by atoms with Gasteiger partial charge in [0.1, 0.15) is 5.69 Å². The fraction of sp³-hybridized carbons (Fsp3) is 0.400. The number of carbonyl (C=O) groups is 1. The Morgan fingerprint density at radius 1 is 1.12 bits per heavy atom. The number of nitrogens with one attached hydrogen (secondary N) is 1. The number of amides is 1. The van der Waals surface area contributed by atoms with Gasteiger partial charge in [-0.2, -0.15) is 0 Å². The van der Waals surface area contributed by atoms with E-state index in [1.165, 1.54) is 5.56 Å². The lowest BCUT2D eigenvalue weighted by atomic mass is 10.1. The molecule has 2 aromatic rings. The molecule has 1 fully saturated rings. The summed E-state index contributed by atoms with van der Waals surface area (Å²) in [5.74, 6) is 0.0263. The average molecular weight is 338 g/mol. The van der Waals surface area contributed by atoms with Crippen molar-refractivity contribution in [2.75, 3.05) is 38.0 Å². The van der Waals surface area contributed by atoms with Crippen molar-refractivity contribution in [2.24, 2.45) is 0 Å². The number of rotatable bonds is 5. The van der Waals surface area contributed by atoms with Crippen LogP contribution < -0.4 is 5.32 Å². The molecule has 1 atom stereocenters. The van der Waals surface area contributed by atoms with Crippen molar-refractivity contribution >= 4 is 11.6 Å². The number of anilines is 1. The molecule has 1 aliphatic heterocycles. The molecular formula is C20H26N4O. The van der Waals surface area contributed by atoms with Crippen molar-refractivity contribution in [3.63, 3.8) is 0 Å². The zero-order chi connectivity index (χ0) is 17.6. The molecule has 1 aromatic carbocycles. The monoisotopic (exact) mass is 338 g/mol. The normalized spacial score (nSPS) is 16.5. The molecule has 5 nitrogen and oxygen atoms in total. The summed E-state index contributed by atoms with van der Waals surface area (Å²) in [4.78, 5) is 21.2. The third-order valence-corrected chi connectivity index (χ3v) is 4.77. The number of nitrogens with zero attached hydrogens (tertiary/aromatic N) is 3. The minimum Gasteiger partial charge on any atom is -0.377 e. The predicted molar refractivity (Wildman–Crippen MR) is 101 cm³/mol. The molecule has 3 rings (SSSR count). The molecule has 0 saturated carbocycles. The van der Waals surface area contributed by atoms with Crippen LogP contribution in [-0.4, -0.2) is 53.4 Å². The van der Waals surface area contributed by atoms with Crippen LogP contribution >= 0.6 is 0 Å². The zero-order valence-electron chi connectivity index (χ0n) is 15.0. The van der Waals surface area contributed by atoms with Crippen molar-refractivity contribution in [1.82, 2.24) is 14.8 Å². The number of carbonyl (C=O) groups excluding carboxylic acids is 1. The summed E-state index contributed by atoms with van der Waals surface area (Å²) >= 11 is 0. The van der Waals surface area contributed by atoms with E-state index in [0.717, 1.165) is 38.4 Å². The lowest BCUT2D eigenvalue weighted by Gasteiger charge is -2.33. The average Bonchev–Trinajstić information content (AvgIpc) is 2.69. The van der Waals surface area contributed by atoms with E-state index >= 15 is 0 Å². The van der Waals surface area contributed by atoms with E-state index in [9.17, 15) is 4.79 Å². The van der Waals surface area contributed by atoms with Gasteiger partial charge in [-0.25, -0.2) is 4.98 Å². The molecule has 0 spiro atoms. The summed E-state index contributed by atoms with van der Waals surface area (Å²) < 4.78 is 0. The molecular weight excluding hydrogens is 312 g/mol. The Morgan fingerprint density at radius 3 is 2.44 bits per heavy atom. The van der Waals surface area contributed by atoms with E-state index in [0.29, 0.717) is 5.69 Å². The molecule has 0 radical (unpaired) electrons. The summed E-state index contributed by atoms with van der Waals surface area (Å²) in [6, 6.07) is 14.2. The maximum Gasteiger partial charge on any atom is 0.272 e. The highest BCUT2D eigenvalue weighted by Gasteiger charge is 2.22. The van der Waals surface area contributed by atoms with Crippen molar-refractivity contribution in [3.8, 4) is 0 Å². The van der Waals surface area contributed by atoms with E-state index in [4.69, 9.17) is 0 Å². The van der Waals surface area contributed by atoms with Crippen molar-refractivity contribution in [1.29, 1.82) is 0 Å². The first kappa shape index (κ1) is 17.4. The molecule has 1 aromatic heterocycles. The molecule has 1 unspecified atom stereocenters. The number of hydrogen-bond donors (Lipinski definition) is 1. The number of hydrogen-bond acceptors (Lipinski definition) is 4. The third kappa shape index (κ3) is 4.37. The van der Waals surface area contributed by atoms with E-state index in [2.05, 4.69) is 41.2 Å². The van der Waals surface area contributed by atoms with Gasteiger partial charge in [0.2, 0.25) is 0 Å². The largest absolute Gasteiger partial charge is 0.377 e. The Labute approximate surface area is 149 Å². The Kier molecular flexibility index (Phi) is 5.66. The summed E-state index contributed by atoms with van der Waals surface area (Å²) in [5, 5.41) is 3.42. The minimum atomic E-state index is 0.0263. The SMILES string of the molecule is CCN1CCN(C(=O)c2ccc(NC(C)c3ccccc3)cn2)CC1. The minimum absolute atomic E-state index is 0.0263. The van der Waals surface area contributed by atoms with Gasteiger partial charge in [-0.1, -0.05) is 37.3 Å². The second kappa shape index (κ2) is 8.12. The molecule has 2 heterocycles. The van der Waals surface area contributed by atoms with Gasteiger partial charge in [-0.05, 0) is 31.2 Å². The number of piperazine rings is 1. The Hall–Kier alpha value is -2.40. The van der Waals surface area contributed by atoms with Crippen LogP contribution in [0.3, 0.4) is 0 Å². The first-order valence-corrected chi connectivity index (χ1v) is 8.96. The van der Waals surface area contributed by atoms with Gasteiger partial charge in [-0.3, -0.25) is 4.79 Å². The van der Waals surface area contributed by atoms with Crippen molar-refractivity contribution < 1.29 is 4.79 Å². The second-order valence-electron chi connectivity index (χ2n) is 6.44. The first-order valence-electron chi connectivity index (χ1n) is 8.96. The molecule has 0 aliphatic carbocycles. The Balaban J connectivity index is 1.59. The fourth-order valence-electron chi connectivity index (χ4n) is 3.11. The molecule has 1 N–H and O–H groups in total. The van der Waals surface area contributed by atoms with Gasteiger partial charge in [0.15, 0.2) is 0 Å². The molecule has 1 saturated heterocycles. The molecule has 1 amide bonds. The summed E-state index contributed by atoms with van der Waals surface area (Å²) in [6.07, 6.45) is 1.75. The van der Waals surface area contributed by atoms with Crippen LogP contribution in [-0.2, 0) is 0 Å². The fourth-order valence-corrected chi connectivity index (χ4v) is 3.11. The van der Waals surface area contributed by atoms with Crippen LogP contribution in [0.1, 0.15) is 35.9 Å². The van der Waals surface area contributed by atoms with E-state index in [1.807, 2.05) is 35.2 Å². The lowest BCUT2D eigenvalue weighted by Crippen LogP contribution is -2.48.